The summed E-state index contributed by atoms with van der Waals surface area (Å²) in [5, 5.41) is 14.8. The number of aliphatic carboxylic acids is 1. The van der Waals surface area contributed by atoms with Gasteiger partial charge in [0.25, 0.3) is 0 Å². The van der Waals surface area contributed by atoms with Gasteiger partial charge in [0.2, 0.25) is 5.91 Å². The SMILES string of the molecule is CC(C)CC(NC(=O)OCC1c2ccccc2-c2ccccc21)C(=O)N[C@H](C(=O)O)C(C)(C)C. The molecule has 34 heavy (non-hydrogen) atoms. The van der Waals surface area contributed by atoms with Crippen LogP contribution in [0.1, 0.15) is 58.1 Å². The molecule has 1 unspecified atom stereocenters. The molecule has 7 nitrogen and oxygen atoms in total. The van der Waals surface area contributed by atoms with Crippen LogP contribution < -0.4 is 10.6 Å². The Morgan fingerprint density at radius 1 is 0.941 bits per heavy atom. The number of carboxylic acids is 1. The summed E-state index contributed by atoms with van der Waals surface area (Å²) in [7, 11) is 0. The molecule has 2 aromatic carbocycles. The van der Waals surface area contributed by atoms with E-state index in [2.05, 4.69) is 22.8 Å². The van der Waals surface area contributed by atoms with Crippen molar-refractivity contribution in [2.75, 3.05) is 6.61 Å². The lowest BCUT2D eigenvalue weighted by atomic mass is 9.86. The Morgan fingerprint density at radius 2 is 1.47 bits per heavy atom. The van der Waals surface area contributed by atoms with Gasteiger partial charge in [-0.2, -0.15) is 0 Å². The van der Waals surface area contributed by atoms with Gasteiger partial charge in [-0.05, 0) is 40.0 Å². The van der Waals surface area contributed by atoms with Gasteiger partial charge in [0.05, 0.1) is 0 Å². The van der Waals surface area contributed by atoms with Crippen molar-refractivity contribution in [2.45, 2.75) is 59.0 Å². The van der Waals surface area contributed by atoms with Crippen molar-refractivity contribution in [3.63, 3.8) is 0 Å². The van der Waals surface area contributed by atoms with E-state index in [9.17, 15) is 19.5 Å². The number of ether oxygens (including phenoxy) is 1. The lowest BCUT2D eigenvalue weighted by Gasteiger charge is -2.30. The van der Waals surface area contributed by atoms with Gasteiger partial charge in [0.1, 0.15) is 18.7 Å². The third-order valence-electron chi connectivity index (χ3n) is 6.06. The lowest BCUT2D eigenvalue weighted by molar-refractivity contribution is -0.145. The third-order valence-corrected chi connectivity index (χ3v) is 6.06. The van der Waals surface area contributed by atoms with Crippen molar-refractivity contribution in [1.29, 1.82) is 0 Å². The summed E-state index contributed by atoms with van der Waals surface area (Å²) in [5.41, 5.74) is 3.77. The first kappa shape index (κ1) is 25.3. The number of amides is 2. The minimum absolute atomic E-state index is 0.0900. The zero-order chi connectivity index (χ0) is 25.0. The molecule has 0 spiro atoms. The maximum absolute atomic E-state index is 12.9. The zero-order valence-electron chi connectivity index (χ0n) is 20.4. The molecule has 0 aliphatic heterocycles. The summed E-state index contributed by atoms with van der Waals surface area (Å²) in [5.74, 6) is -1.65. The van der Waals surface area contributed by atoms with Crippen LogP contribution in [0.4, 0.5) is 4.79 Å². The van der Waals surface area contributed by atoms with Crippen molar-refractivity contribution in [1.82, 2.24) is 10.6 Å². The van der Waals surface area contributed by atoms with Crippen LogP contribution >= 0.6 is 0 Å². The number of hydrogen-bond donors (Lipinski definition) is 3. The molecular weight excluding hydrogens is 432 g/mol. The molecular formula is C27H34N2O5. The largest absolute Gasteiger partial charge is 0.480 e. The second-order valence-corrected chi connectivity index (χ2v) is 10.3. The molecule has 3 rings (SSSR count). The topological polar surface area (TPSA) is 105 Å². The Hall–Kier alpha value is -3.35. The molecule has 0 saturated carbocycles. The molecule has 0 aromatic heterocycles. The molecule has 2 amide bonds. The summed E-state index contributed by atoms with van der Waals surface area (Å²) in [6.07, 6.45) is -0.350. The normalized spacial score (nSPS) is 14.6. The summed E-state index contributed by atoms with van der Waals surface area (Å²) < 4.78 is 5.58. The molecule has 2 atom stereocenters. The lowest BCUT2D eigenvalue weighted by Crippen LogP contribution is -2.55. The van der Waals surface area contributed by atoms with Gasteiger partial charge in [-0.15, -0.1) is 0 Å². The quantitative estimate of drug-likeness (QED) is 0.529. The fourth-order valence-electron chi connectivity index (χ4n) is 4.38. The average Bonchev–Trinajstić information content (AvgIpc) is 3.08. The van der Waals surface area contributed by atoms with Gasteiger partial charge in [-0.1, -0.05) is 83.1 Å². The first-order valence-electron chi connectivity index (χ1n) is 11.6. The minimum Gasteiger partial charge on any atom is -0.480 e. The van der Waals surface area contributed by atoms with Crippen molar-refractivity contribution in [2.24, 2.45) is 11.3 Å². The van der Waals surface area contributed by atoms with Crippen LogP contribution in [0, 0.1) is 11.3 Å². The molecule has 0 saturated heterocycles. The molecule has 0 bridgehead atoms. The van der Waals surface area contributed by atoms with Gasteiger partial charge in [0, 0.05) is 5.92 Å². The van der Waals surface area contributed by atoms with E-state index in [1.165, 1.54) is 0 Å². The number of rotatable bonds is 8. The van der Waals surface area contributed by atoms with Crippen LogP contribution in [0.2, 0.25) is 0 Å². The van der Waals surface area contributed by atoms with Crippen molar-refractivity contribution in [3.8, 4) is 11.1 Å². The number of fused-ring (bicyclic) bond motifs is 3. The minimum atomic E-state index is -1.12. The molecule has 182 valence electrons. The monoisotopic (exact) mass is 466 g/mol. The molecule has 7 heteroatoms. The van der Waals surface area contributed by atoms with E-state index in [4.69, 9.17) is 4.74 Å². The predicted molar refractivity (Wildman–Crippen MR) is 130 cm³/mol. The Kier molecular flexibility index (Phi) is 7.64. The second kappa shape index (κ2) is 10.3. The zero-order valence-corrected chi connectivity index (χ0v) is 20.4. The standard InChI is InChI=1S/C27H34N2O5/c1-16(2)14-22(24(30)29-23(25(31)32)27(3,4)5)28-26(33)34-15-21-19-12-8-6-10-17(19)18-11-7-9-13-20(18)21/h6-13,16,21-23H,14-15H2,1-5H3,(H,28,33)(H,29,30)(H,31,32)/t22?,23-/m1/s1. The van der Waals surface area contributed by atoms with Crippen LogP contribution in [-0.2, 0) is 14.3 Å². The van der Waals surface area contributed by atoms with Crippen LogP contribution in [0.5, 0.6) is 0 Å². The van der Waals surface area contributed by atoms with E-state index >= 15 is 0 Å². The van der Waals surface area contributed by atoms with E-state index in [-0.39, 0.29) is 18.4 Å². The maximum atomic E-state index is 12.9. The van der Waals surface area contributed by atoms with Gasteiger partial charge in [-0.3, -0.25) is 4.79 Å². The summed E-state index contributed by atoms with van der Waals surface area (Å²) in [4.78, 5) is 37.3. The van der Waals surface area contributed by atoms with Crippen LogP contribution in [0.25, 0.3) is 11.1 Å². The highest BCUT2D eigenvalue weighted by molar-refractivity contribution is 5.89. The van der Waals surface area contributed by atoms with Crippen LogP contribution in [-0.4, -0.2) is 41.8 Å². The Balaban J connectivity index is 1.69. The van der Waals surface area contributed by atoms with Crippen molar-refractivity contribution < 1.29 is 24.2 Å². The summed E-state index contributed by atoms with van der Waals surface area (Å²) >= 11 is 0. The number of carboxylic acid groups (broad SMARTS) is 1. The number of nitrogens with one attached hydrogen (secondary N) is 2. The summed E-state index contributed by atoms with van der Waals surface area (Å²) in [6.45, 7) is 9.21. The van der Waals surface area contributed by atoms with Gasteiger partial charge < -0.3 is 20.5 Å². The maximum Gasteiger partial charge on any atom is 0.407 e. The number of carbonyl (C=O) groups excluding carboxylic acids is 2. The van der Waals surface area contributed by atoms with Crippen molar-refractivity contribution >= 4 is 18.0 Å². The molecule has 1 aliphatic carbocycles. The average molecular weight is 467 g/mol. The van der Waals surface area contributed by atoms with E-state index in [0.29, 0.717) is 6.42 Å². The molecule has 3 N–H and O–H groups in total. The van der Waals surface area contributed by atoms with Crippen LogP contribution in [0.15, 0.2) is 48.5 Å². The number of alkyl carbamates (subject to hydrolysis) is 1. The van der Waals surface area contributed by atoms with Crippen LogP contribution in [0.3, 0.4) is 0 Å². The first-order chi connectivity index (χ1) is 16.0. The molecule has 0 radical (unpaired) electrons. The predicted octanol–water partition coefficient (Wildman–Crippen LogP) is 4.56. The highest BCUT2D eigenvalue weighted by Gasteiger charge is 2.35. The first-order valence-corrected chi connectivity index (χ1v) is 11.6. The molecule has 0 heterocycles. The van der Waals surface area contributed by atoms with Gasteiger partial charge >= 0.3 is 12.1 Å². The Morgan fingerprint density at radius 3 is 1.94 bits per heavy atom. The fraction of sp³-hybridized carbons (Fsp3) is 0.444. The highest BCUT2D eigenvalue weighted by atomic mass is 16.5. The third kappa shape index (κ3) is 5.76. The van der Waals surface area contributed by atoms with E-state index in [1.807, 2.05) is 50.2 Å². The van der Waals surface area contributed by atoms with E-state index in [1.54, 1.807) is 20.8 Å². The highest BCUT2D eigenvalue weighted by Crippen LogP contribution is 2.44. The Labute approximate surface area is 200 Å². The number of benzene rings is 2. The second-order valence-electron chi connectivity index (χ2n) is 10.3. The molecule has 2 aromatic rings. The molecule has 1 aliphatic rings. The number of hydrogen-bond acceptors (Lipinski definition) is 4. The summed E-state index contributed by atoms with van der Waals surface area (Å²) in [6, 6.07) is 14.1. The Bertz CT molecular complexity index is 1010. The fourth-order valence-corrected chi connectivity index (χ4v) is 4.38. The van der Waals surface area contributed by atoms with E-state index < -0.39 is 35.5 Å². The van der Waals surface area contributed by atoms with Gasteiger partial charge in [0.15, 0.2) is 0 Å². The smallest absolute Gasteiger partial charge is 0.407 e. The van der Waals surface area contributed by atoms with Crippen molar-refractivity contribution in [3.05, 3.63) is 59.7 Å². The molecule has 0 fully saturated rings. The number of carbonyl (C=O) groups is 3. The van der Waals surface area contributed by atoms with E-state index in [0.717, 1.165) is 22.3 Å². The van der Waals surface area contributed by atoms with Gasteiger partial charge in [-0.25, -0.2) is 9.59 Å².